The van der Waals surface area contributed by atoms with Crippen LogP contribution in [0.3, 0.4) is 0 Å². The van der Waals surface area contributed by atoms with E-state index in [1.807, 2.05) is 38.1 Å². The molecule has 5 nitrogen and oxygen atoms in total. The third kappa shape index (κ3) is 4.85. The minimum Gasteiger partial charge on any atom is -0.489 e. The van der Waals surface area contributed by atoms with Crippen molar-refractivity contribution in [3.63, 3.8) is 0 Å². The highest BCUT2D eigenvalue weighted by atomic mass is 16.5. The number of rotatable bonds is 7. The van der Waals surface area contributed by atoms with E-state index in [1.165, 1.54) is 0 Å². The lowest BCUT2D eigenvalue weighted by atomic mass is 10.2. The minimum atomic E-state index is -0.278. The summed E-state index contributed by atoms with van der Waals surface area (Å²) in [6.07, 6.45) is 3.41. The fraction of sp³-hybridized carbons (Fsp3) is 0.222. The molecule has 120 valence electrons. The fourth-order valence-corrected chi connectivity index (χ4v) is 1.94. The van der Waals surface area contributed by atoms with Gasteiger partial charge in [-0.25, -0.2) is 4.98 Å². The first-order valence-electron chi connectivity index (χ1n) is 7.48. The predicted molar refractivity (Wildman–Crippen MR) is 93.1 cm³/mol. The van der Waals surface area contributed by atoms with E-state index in [1.54, 1.807) is 24.4 Å². The summed E-state index contributed by atoms with van der Waals surface area (Å²) in [6.45, 7) is 8.16. The van der Waals surface area contributed by atoms with Gasteiger partial charge in [0.2, 0.25) is 0 Å². The predicted octanol–water partition coefficient (Wildman–Crippen LogP) is 3.72. The van der Waals surface area contributed by atoms with Gasteiger partial charge in [0.15, 0.2) is 0 Å². The largest absolute Gasteiger partial charge is 0.489 e. The van der Waals surface area contributed by atoms with Gasteiger partial charge in [-0.05, 0) is 38.1 Å². The number of benzene rings is 1. The number of carbonyl (C=O) groups is 1. The summed E-state index contributed by atoms with van der Waals surface area (Å²) in [5, 5.41) is 5.94. The lowest BCUT2D eigenvalue weighted by Gasteiger charge is -2.14. The highest BCUT2D eigenvalue weighted by Gasteiger charge is 2.11. The van der Waals surface area contributed by atoms with Gasteiger partial charge in [0.1, 0.15) is 11.4 Å². The zero-order valence-corrected chi connectivity index (χ0v) is 13.4. The quantitative estimate of drug-likeness (QED) is 0.765. The molecule has 0 saturated carbocycles. The summed E-state index contributed by atoms with van der Waals surface area (Å²) in [5.74, 6) is 0.361. The molecule has 2 aromatic rings. The fourth-order valence-electron chi connectivity index (χ4n) is 1.94. The summed E-state index contributed by atoms with van der Waals surface area (Å²) in [5.41, 5.74) is 1.81. The third-order valence-electron chi connectivity index (χ3n) is 2.94. The summed E-state index contributed by atoms with van der Waals surface area (Å²) in [6, 6.07) is 10.8. The monoisotopic (exact) mass is 311 g/mol. The SMILES string of the molecule is C=CCNc1ccc(C(=O)Nc2ccccc2OC(C)C)nc1. The van der Waals surface area contributed by atoms with E-state index in [0.717, 1.165) is 5.69 Å². The number of hydrogen-bond acceptors (Lipinski definition) is 4. The van der Waals surface area contributed by atoms with Crippen molar-refractivity contribution in [1.29, 1.82) is 0 Å². The van der Waals surface area contributed by atoms with Gasteiger partial charge in [-0.15, -0.1) is 6.58 Å². The number of ether oxygens (including phenoxy) is 1. The summed E-state index contributed by atoms with van der Waals surface area (Å²) >= 11 is 0. The minimum absolute atomic E-state index is 0.0291. The lowest BCUT2D eigenvalue weighted by molar-refractivity contribution is 0.102. The van der Waals surface area contributed by atoms with Crippen LogP contribution in [-0.2, 0) is 0 Å². The van der Waals surface area contributed by atoms with Gasteiger partial charge in [-0.3, -0.25) is 4.79 Å². The molecule has 1 aromatic carbocycles. The number of nitrogens with zero attached hydrogens (tertiary/aromatic N) is 1. The Balaban J connectivity index is 2.08. The second kappa shape index (κ2) is 7.98. The van der Waals surface area contributed by atoms with Crippen LogP contribution >= 0.6 is 0 Å². The number of pyridine rings is 1. The molecule has 0 unspecified atom stereocenters. The zero-order chi connectivity index (χ0) is 16.7. The number of aromatic nitrogens is 1. The molecule has 0 saturated heterocycles. The van der Waals surface area contributed by atoms with Crippen molar-refractivity contribution in [1.82, 2.24) is 4.98 Å². The first-order valence-corrected chi connectivity index (χ1v) is 7.48. The molecular weight excluding hydrogens is 290 g/mol. The van der Waals surface area contributed by atoms with Gasteiger partial charge < -0.3 is 15.4 Å². The van der Waals surface area contributed by atoms with E-state index in [9.17, 15) is 4.79 Å². The van der Waals surface area contributed by atoms with Crippen LogP contribution in [0, 0.1) is 0 Å². The average Bonchev–Trinajstić information content (AvgIpc) is 2.54. The van der Waals surface area contributed by atoms with E-state index in [-0.39, 0.29) is 12.0 Å². The van der Waals surface area contributed by atoms with Crippen LogP contribution in [0.1, 0.15) is 24.3 Å². The van der Waals surface area contributed by atoms with Crippen molar-refractivity contribution < 1.29 is 9.53 Å². The summed E-state index contributed by atoms with van der Waals surface area (Å²) < 4.78 is 5.69. The second-order valence-electron chi connectivity index (χ2n) is 5.22. The maximum Gasteiger partial charge on any atom is 0.274 e. The highest BCUT2D eigenvalue weighted by Crippen LogP contribution is 2.25. The normalized spacial score (nSPS) is 10.2. The van der Waals surface area contributed by atoms with Crippen LogP contribution in [0.5, 0.6) is 5.75 Å². The van der Waals surface area contributed by atoms with Crippen LogP contribution in [0.4, 0.5) is 11.4 Å². The van der Waals surface area contributed by atoms with Crippen molar-refractivity contribution in [3.05, 3.63) is 60.9 Å². The van der Waals surface area contributed by atoms with Gasteiger partial charge in [0.05, 0.1) is 23.7 Å². The first kappa shape index (κ1) is 16.5. The average molecular weight is 311 g/mol. The lowest BCUT2D eigenvalue weighted by Crippen LogP contribution is -2.15. The molecular formula is C18H21N3O2. The number of anilines is 2. The molecule has 0 fully saturated rings. The van der Waals surface area contributed by atoms with Crippen LogP contribution in [0.2, 0.25) is 0 Å². The molecule has 0 aliphatic carbocycles. The number of carbonyl (C=O) groups excluding carboxylic acids is 1. The third-order valence-corrected chi connectivity index (χ3v) is 2.94. The van der Waals surface area contributed by atoms with E-state index in [0.29, 0.717) is 23.7 Å². The molecule has 5 heteroatoms. The van der Waals surface area contributed by atoms with E-state index >= 15 is 0 Å². The van der Waals surface area contributed by atoms with Gasteiger partial charge in [0, 0.05) is 6.54 Å². The van der Waals surface area contributed by atoms with E-state index in [2.05, 4.69) is 22.2 Å². The Hall–Kier alpha value is -2.82. The van der Waals surface area contributed by atoms with Crippen molar-refractivity contribution in [2.45, 2.75) is 20.0 Å². The molecule has 1 amide bonds. The maximum atomic E-state index is 12.3. The Morgan fingerprint density at radius 1 is 1.30 bits per heavy atom. The molecule has 0 radical (unpaired) electrons. The van der Waals surface area contributed by atoms with Crippen LogP contribution < -0.4 is 15.4 Å². The number of amides is 1. The second-order valence-corrected chi connectivity index (χ2v) is 5.22. The van der Waals surface area contributed by atoms with Crippen LogP contribution in [0.25, 0.3) is 0 Å². The summed E-state index contributed by atoms with van der Waals surface area (Å²) in [7, 11) is 0. The standard InChI is InChI=1S/C18H21N3O2/c1-4-11-19-14-9-10-16(20-12-14)18(22)21-15-7-5-6-8-17(15)23-13(2)3/h4-10,12-13,19H,1,11H2,2-3H3,(H,21,22). The number of hydrogen-bond donors (Lipinski definition) is 2. The van der Waals surface area contributed by atoms with Gasteiger partial charge in [0.25, 0.3) is 5.91 Å². The molecule has 0 bridgehead atoms. The first-order chi connectivity index (χ1) is 11.1. The molecule has 0 spiro atoms. The smallest absolute Gasteiger partial charge is 0.274 e. The molecule has 2 rings (SSSR count). The number of nitrogens with one attached hydrogen (secondary N) is 2. The topological polar surface area (TPSA) is 63.2 Å². The number of para-hydroxylation sites is 2. The maximum absolute atomic E-state index is 12.3. The van der Waals surface area contributed by atoms with Gasteiger partial charge in [-0.2, -0.15) is 0 Å². The van der Waals surface area contributed by atoms with Crippen LogP contribution in [-0.4, -0.2) is 23.5 Å². The molecule has 1 heterocycles. The zero-order valence-electron chi connectivity index (χ0n) is 13.4. The molecule has 23 heavy (non-hydrogen) atoms. The Bertz CT molecular complexity index is 666. The highest BCUT2D eigenvalue weighted by molar-refractivity contribution is 6.03. The van der Waals surface area contributed by atoms with Gasteiger partial charge in [-0.1, -0.05) is 18.2 Å². The van der Waals surface area contributed by atoms with Crippen molar-refractivity contribution in [2.75, 3.05) is 17.2 Å². The van der Waals surface area contributed by atoms with Crippen molar-refractivity contribution >= 4 is 17.3 Å². The van der Waals surface area contributed by atoms with Crippen molar-refractivity contribution in [3.8, 4) is 5.75 Å². The van der Waals surface area contributed by atoms with Crippen LogP contribution in [0.15, 0.2) is 55.3 Å². The Labute approximate surface area is 136 Å². The summed E-state index contributed by atoms with van der Waals surface area (Å²) in [4.78, 5) is 16.5. The Morgan fingerprint density at radius 2 is 2.09 bits per heavy atom. The van der Waals surface area contributed by atoms with Gasteiger partial charge >= 0.3 is 0 Å². The van der Waals surface area contributed by atoms with E-state index < -0.39 is 0 Å². The molecule has 0 aliphatic heterocycles. The Kier molecular flexibility index (Phi) is 5.74. The van der Waals surface area contributed by atoms with E-state index in [4.69, 9.17) is 4.74 Å². The molecule has 1 aromatic heterocycles. The molecule has 2 N–H and O–H groups in total. The molecule has 0 atom stereocenters. The van der Waals surface area contributed by atoms with Crippen molar-refractivity contribution in [2.24, 2.45) is 0 Å². The molecule has 0 aliphatic rings. The Morgan fingerprint density at radius 3 is 2.74 bits per heavy atom.